The van der Waals surface area contributed by atoms with E-state index in [1.54, 1.807) is 20.3 Å². The van der Waals surface area contributed by atoms with Gasteiger partial charge in [-0.15, -0.1) is 0 Å². The molecule has 0 radical (unpaired) electrons. The Morgan fingerprint density at radius 3 is 2.71 bits per heavy atom. The van der Waals surface area contributed by atoms with Crippen molar-refractivity contribution in [2.45, 2.75) is 19.1 Å². The van der Waals surface area contributed by atoms with Crippen molar-refractivity contribution < 1.29 is 19.4 Å². The minimum Gasteiger partial charge on any atom is -0.496 e. The molecule has 0 aliphatic rings. The first-order valence-electron chi connectivity index (χ1n) is 5.21. The van der Waals surface area contributed by atoms with Gasteiger partial charge in [0.15, 0.2) is 0 Å². The zero-order valence-corrected chi connectivity index (χ0v) is 9.97. The third-order valence-electron chi connectivity index (χ3n) is 2.41. The predicted molar refractivity (Wildman–Crippen MR) is 63.0 cm³/mol. The average Bonchev–Trinajstić information content (AvgIpc) is 2.29. The van der Waals surface area contributed by atoms with Crippen LogP contribution in [0.25, 0.3) is 0 Å². The number of carboxylic acids is 1. The summed E-state index contributed by atoms with van der Waals surface area (Å²) in [7, 11) is 3.15. The molecule has 0 fully saturated rings. The van der Waals surface area contributed by atoms with Gasteiger partial charge in [-0.05, 0) is 23.3 Å². The fourth-order valence-electron chi connectivity index (χ4n) is 1.57. The summed E-state index contributed by atoms with van der Waals surface area (Å²) in [4.78, 5) is 10.7. The highest BCUT2D eigenvalue weighted by Gasteiger charge is 2.15. The van der Waals surface area contributed by atoms with Crippen molar-refractivity contribution in [2.75, 3.05) is 14.2 Å². The van der Waals surface area contributed by atoms with E-state index >= 15 is 0 Å². The lowest BCUT2D eigenvalue weighted by atomic mass is 10.0. The maximum atomic E-state index is 10.7. The first-order valence-corrected chi connectivity index (χ1v) is 5.21. The van der Waals surface area contributed by atoms with Gasteiger partial charge in [0.2, 0.25) is 0 Å². The highest BCUT2D eigenvalue weighted by molar-refractivity contribution is 5.73. The molecular weight excluding hydrogens is 222 g/mol. The van der Waals surface area contributed by atoms with Crippen LogP contribution in [0.4, 0.5) is 0 Å². The molecule has 0 heterocycles. The number of hydrogen-bond donors (Lipinski definition) is 2. The molecule has 17 heavy (non-hydrogen) atoms. The Kier molecular flexibility index (Phi) is 4.93. The van der Waals surface area contributed by atoms with Gasteiger partial charge < -0.3 is 20.3 Å². The minimum absolute atomic E-state index is 0.232. The highest BCUT2D eigenvalue weighted by atomic mass is 16.5. The van der Waals surface area contributed by atoms with Crippen molar-refractivity contribution in [3.8, 4) is 5.75 Å². The molecule has 0 bridgehead atoms. The topological polar surface area (TPSA) is 81.8 Å². The SMILES string of the molecule is COCc1ccc(OC)c(CC(N)C(=O)O)c1. The fraction of sp³-hybridized carbons (Fsp3) is 0.417. The van der Waals surface area contributed by atoms with E-state index in [2.05, 4.69) is 0 Å². The summed E-state index contributed by atoms with van der Waals surface area (Å²) in [5, 5.41) is 8.79. The molecule has 0 aromatic heterocycles. The maximum Gasteiger partial charge on any atom is 0.320 e. The average molecular weight is 239 g/mol. The van der Waals surface area contributed by atoms with Gasteiger partial charge in [0.05, 0.1) is 13.7 Å². The summed E-state index contributed by atoms with van der Waals surface area (Å²) in [6.07, 6.45) is 0.232. The van der Waals surface area contributed by atoms with Crippen LogP contribution < -0.4 is 10.5 Å². The first kappa shape index (κ1) is 13.5. The predicted octanol–water partition coefficient (Wildman–Crippen LogP) is 0.796. The van der Waals surface area contributed by atoms with Crippen LogP contribution >= 0.6 is 0 Å². The number of hydrogen-bond acceptors (Lipinski definition) is 4. The molecule has 1 unspecified atom stereocenters. The van der Waals surface area contributed by atoms with Gasteiger partial charge in [0.1, 0.15) is 11.8 Å². The van der Waals surface area contributed by atoms with Gasteiger partial charge in [-0.2, -0.15) is 0 Å². The lowest BCUT2D eigenvalue weighted by Gasteiger charge is -2.12. The van der Waals surface area contributed by atoms with Crippen molar-refractivity contribution in [1.29, 1.82) is 0 Å². The fourth-order valence-corrected chi connectivity index (χ4v) is 1.57. The number of benzene rings is 1. The number of carboxylic acid groups (broad SMARTS) is 1. The van der Waals surface area contributed by atoms with Crippen LogP contribution in [0, 0.1) is 0 Å². The quantitative estimate of drug-likeness (QED) is 0.767. The van der Waals surface area contributed by atoms with E-state index < -0.39 is 12.0 Å². The molecular formula is C12H17NO4. The van der Waals surface area contributed by atoms with E-state index in [1.807, 2.05) is 12.1 Å². The second-order valence-corrected chi connectivity index (χ2v) is 3.73. The molecule has 5 nitrogen and oxygen atoms in total. The van der Waals surface area contributed by atoms with Gasteiger partial charge in [-0.1, -0.05) is 6.07 Å². The summed E-state index contributed by atoms with van der Waals surface area (Å²) in [5.74, 6) is -0.384. The molecule has 1 aromatic rings. The van der Waals surface area contributed by atoms with Gasteiger partial charge in [-0.25, -0.2) is 0 Å². The Labute approximate surface area is 100 Å². The van der Waals surface area contributed by atoms with E-state index in [9.17, 15) is 4.79 Å². The molecule has 0 spiro atoms. The zero-order chi connectivity index (χ0) is 12.8. The standard InChI is InChI=1S/C12H17NO4/c1-16-7-8-3-4-11(17-2)9(5-8)6-10(13)12(14)15/h3-5,10H,6-7,13H2,1-2H3,(H,14,15). The van der Waals surface area contributed by atoms with Crippen molar-refractivity contribution in [3.63, 3.8) is 0 Å². The molecule has 0 aliphatic heterocycles. The summed E-state index contributed by atoms with van der Waals surface area (Å²) in [5.41, 5.74) is 7.24. The molecule has 0 saturated heterocycles. The van der Waals surface area contributed by atoms with Crippen LogP contribution in [0.15, 0.2) is 18.2 Å². The monoisotopic (exact) mass is 239 g/mol. The van der Waals surface area contributed by atoms with Crippen LogP contribution in [0.2, 0.25) is 0 Å². The smallest absolute Gasteiger partial charge is 0.320 e. The molecule has 1 rings (SSSR count). The van der Waals surface area contributed by atoms with E-state index in [4.69, 9.17) is 20.3 Å². The van der Waals surface area contributed by atoms with Gasteiger partial charge >= 0.3 is 5.97 Å². The third kappa shape index (κ3) is 3.72. The Morgan fingerprint density at radius 2 is 2.18 bits per heavy atom. The Morgan fingerprint density at radius 1 is 1.47 bits per heavy atom. The number of carbonyl (C=O) groups is 1. The summed E-state index contributed by atoms with van der Waals surface area (Å²) in [6.45, 7) is 0.472. The van der Waals surface area contributed by atoms with Crippen LogP contribution in [-0.2, 0) is 22.6 Å². The van der Waals surface area contributed by atoms with Crippen molar-refractivity contribution in [1.82, 2.24) is 0 Å². The largest absolute Gasteiger partial charge is 0.496 e. The molecule has 3 N–H and O–H groups in total. The van der Waals surface area contributed by atoms with Gasteiger partial charge in [0, 0.05) is 13.5 Å². The van der Waals surface area contributed by atoms with Crippen LogP contribution in [0.5, 0.6) is 5.75 Å². The molecule has 0 saturated carbocycles. The number of ether oxygens (including phenoxy) is 2. The van der Waals surface area contributed by atoms with Crippen molar-refractivity contribution in [3.05, 3.63) is 29.3 Å². The van der Waals surface area contributed by atoms with E-state index in [0.29, 0.717) is 12.4 Å². The first-order chi connectivity index (χ1) is 8.08. The molecule has 0 amide bonds. The molecule has 5 heteroatoms. The summed E-state index contributed by atoms with van der Waals surface area (Å²) < 4.78 is 10.2. The molecule has 1 atom stereocenters. The summed E-state index contributed by atoms with van der Waals surface area (Å²) in [6, 6.07) is 4.59. The van der Waals surface area contributed by atoms with Crippen molar-refractivity contribution >= 4 is 5.97 Å². The number of nitrogens with two attached hydrogens (primary N) is 1. The number of aliphatic carboxylic acids is 1. The third-order valence-corrected chi connectivity index (χ3v) is 2.41. The Balaban J connectivity index is 2.93. The summed E-state index contributed by atoms with van der Waals surface area (Å²) >= 11 is 0. The van der Waals surface area contributed by atoms with Crippen molar-refractivity contribution in [2.24, 2.45) is 5.73 Å². The Hall–Kier alpha value is -1.59. The molecule has 94 valence electrons. The minimum atomic E-state index is -1.02. The maximum absolute atomic E-state index is 10.7. The van der Waals surface area contributed by atoms with E-state index in [0.717, 1.165) is 11.1 Å². The van der Waals surface area contributed by atoms with Crippen LogP contribution in [-0.4, -0.2) is 31.3 Å². The normalized spacial score (nSPS) is 12.2. The van der Waals surface area contributed by atoms with Gasteiger partial charge in [0.25, 0.3) is 0 Å². The highest BCUT2D eigenvalue weighted by Crippen LogP contribution is 2.21. The second-order valence-electron chi connectivity index (χ2n) is 3.73. The number of rotatable bonds is 6. The lowest BCUT2D eigenvalue weighted by Crippen LogP contribution is -2.32. The lowest BCUT2D eigenvalue weighted by molar-refractivity contribution is -0.138. The van der Waals surface area contributed by atoms with E-state index in [1.165, 1.54) is 0 Å². The Bertz CT molecular complexity index is 392. The number of methoxy groups -OCH3 is 2. The van der Waals surface area contributed by atoms with Crippen LogP contribution in [0.1, 0.15) is 11.1 Å². The molecule has 0 aliphatic carbocycles. The molecule has 1 aromatic carbocycles. The second kappa shape index (κ2) is 6.22. The van der Waals surface area contributed by atoms with Crippen LogP contribution in [0.3, 0.4) is 0 Å². The zero-order valence-electron chi connectivity index (χ0n) is 9.97. The van der Waals surface area contributed by atoms with E-state index in [-0.39, 0.29) is 6.42 Å². The van der Waals surface area contributed by atoms with Gasteiger partial charge in [-0.3, -0.25) is 4.79 Å².